The third-order valence-corrected chi connectivity index (χ3v) is 5.21. The molecule has 0 spiro atoms. The van der Waals surface area contributed by atoms with Crippen LogP contribution in [0.3, 0.4) is 0 Å². The van der Waals surface area contributed by atoms with Crippen molar-refractivity contribution in [3.05, 3.63) is 81.3 Å². The number of anilines is 1. The Hall–Kier alpha value is -3.26. The minimum absolute atomic E-state index is 0.154. The van der Waals surface area contributed by atoms with Gasteiger partial charge in [-0.3, -0.25) is 9.59 Å². The van der Waals surface area contributed by atoms with Crippen LogP contribution in [0.2, 0.25) is 0 Å². The summed E-state index contributed by atoms with van der Waals surface area (Å²) >= 11 is 3.40. The van der Waals surface area contributed by atoms with E-state index in [-0.39, 0.29) is 18.0 Å². The Kier molecular flexibility index (Phi) is 5.02. The molecule has 4 aromatic rings. The number of amides is 1. The Bertz CT molecular complexity index is 1260. The number of rotatable bonds is 4. The summed E-state index contributed by atoms with van der Waals surface area (Å²) in [5.41, 5.74) is 3.37. The van der Waals surface area contributed by atoms with Crippen LogP contribution in [0.15, 0.2) is 70.2 Å². The molecule has 0 atom stereocenters. The maximum atomic E-state index is 12.8. The van der Waals surface area contributed by atoms with Crippen LogP contribution in [-0.4, -0.2) is 32.3 Å². The Morgan fingerprint density at radius 3 is 2.62 bits per heavy atom. The monoisotopic (exact) mass is 451 g/mol. The smallest absolute Gasteiger partial charge is 0.293 e. The molecule has 7 nitrogen and oxygen atoms in total. The summed E-state index contributed by atoms with van der Waals surface area (Å²) in [5.74, 6) is -0.234. The van der Waals surface area contributed by atoms with E-state index in [9.17, 15) is 9.59 Å². The van der Waals surface area contributed by atoms with Crippen LogP contribution in [0, 0.1) is 6.92 Å². The maximum Gasteiger partial charge on any atom is 0.293 e. The van der Waals surface area contributed by atoms with Crippen LogP contribution >= 0.6 is 15.9 Å². The summed E-state index contributed by atoms with van der Waals surface area (Å²) in [6.07, 6.45) is 1.44. The molecule has 8 heteroatoms. The summed E-state index contributed by atoms with van der Waals surface area (Å²) in [7, 11) is 1.69. The first-order chi connectivity index (χ1) is 13.9. The van der Waals surface area contributed by atoms with E-state index in [0.717, 1.165) is 26.0 Å². The highest BCUT2D eigenvalue weighted by molar-refractivity contribution is 9.10. The average molecular weight is 452 g/mol. The molecule has 0 radical (unpaired) electrons. The topological polar surface area (TPSA) is 72.5 Å². The highest BCUT2D eigenvalue weighted by Crippen LogP contribution is 2.21. The van der Waals surface area contributed by atoms with Crippen molar-refractivity contribution in [1.29, 1.82) is 0 Å². The molecular weight excluding hydrogens is 434 g/mol. The van der Waals surface area contributed by atoms with Crippen LogP contribution in [0.25, 0.3) is 16.8 Å². The lowest BCUT2D eigenvalue weighted by Crippen LogP contribution is -2.35. The third-order valence-electron chi connectivity index (χ3n) is 4.68. The summed E-state index contributed by atoms with van der Waals surface area (Å²) in [4.78, 5) is 27.0. The van der Waals surface area contributed by atoms with Gasteiger partial charge in [-0.15, -0.1) is 0 Å². The fourth-order valence-corrected chi connectivity index (χ4v) is 3.29. The predicted molar refractivity (Wildman–Crippen MR) is 115 cm³/mol. The minimum atomic E-state index is -0.366. The van der Waals surface area contributed by atoms with Gasteiger partial charge in [0.05, 0.1) is 5.69 Å². The van der Waals surface area contributed by atoms with E-state index in [1.54, 1.807) is 13.1 Å². The molecule has 0 aliphatic rings. The highest BCUT2D eigenvalue weighted by Gasteiger charge is 2.16. The van der Waals surface area contributed by atoms with E-state index < -0.39 is 0 Å². The number of halogens is 1. The van der Waals surface area contributed by atoms with Crippen molar-refractivity contribution < 1.29 is 4.79 Å². The predicted octanol–water partition coefficient (Wildman–Crippen LogP) is 3.29. The van der Waals surface area contributed by atoms with Crippen LogP contribution in [-0.2, 0) is 11.3 Å². The van der Waals surface area contributed by atoms with E-state index in [2.05, 4.69) is 26.1 Å². The second kappa shape index (κ2) is 7.63. The molecule has 4 rings (SSSR count). The van der Waals surface area contributed by atoms with Crippen LogP contribution in [0.5, 0.6) is 0 Å². The number of fused-ring (bicyclic) bond motifs is 1. The third kappa shape index (κ3) is 3.84. The van der Waals surface area contributed by atoms with Crippen molar-refractivity contribution in [1.82, 2.24) is 19.4 Å². The number of aromatic nitrogens is 4. The van der Waals surface area contributed by atoms with Crippen LogP contribution in [0.4, 0.5) is 5.69 Å². The van der Waals surface area contributed by atoms with Crippen molar-refractivity contribution in [2.75, 3.05) is 11.9 Å². The number of benzene rings is 2. The summed E-state index contributed by atoms with van der Waals surface area (Å²) < 4.78 is 3.56. The van der Waals surface area contributed by atoms with Gasteiger partial charge in [0, 0.05) is 22.8 Å². The van der Waals surface area contributed by atoms with E-state index in [1.165, 1.54) is 15.7 Å². The van der Waals surface area contributed by atoms with Crippen molar-refractivity contribution in [3.8, 4) is 11.3 Å². The number of likely N-dealkylation sites (N-methyl/N-ethyl adjacent to an activating group) is 1. The summed E-state index contributed by atoms with van der Waals surface area (Å²) in [5, 5.41) is 8.53. The zero-order valence-corrected chi connectivity index (χ0v) is 17.5. The quantitative estimate of drug-likeness (QED) is 0.477. The molecule has 146 valence electrons. The first-order valence-corrected chi connectivity index (χ1v) is 9.76. The molecule has 0 saturated heterocycles. The fourth-order valence-electron chi connectivity index (χ4n) is 3.03. The lowest BCUT2D eigenvalue weighted by Gasteiger charge is -2.18. The molecule has 0 fully saturated rings. The zero-order chi connectivity index (χ0) is 20.5. The molecule has 29 heavy (non-hydrogen) atoms. The molecular formula is C21H18BrN5O2. The van der Waals surface area contributed by atoms with Gasteiger partial charge in [0.25, 0.3) is 5.56 Å². The fraction of sp³-hybridized carbons (Fsp3) is 0.143. The van der Waals surface area contributed by atoms with Crippen molar-refractivity contribution in [2.45, 2.75) is 13.5 Å². The number of aryl methyl sites for hydroxylation is 1. The maximum absolute atomic E-state index is 12.8. The van der Waals surface area contributed by atoms with Gasteiger partial charge >= 0.3 is 0 Å². The molecule has 0 saturated carbocycles. The van der Waals surface area contributed by atoms with Gasteiger partial charge in [0.1, 0.15) is 18.4 Å². The minimum Gasteiger partial charge on any atom is -0.314 e. The Balaban J connectivity index is 1.63. The van der Waals surface area contributed by atoms with Gasteiger partial charge in [0.15, 0.2) is 0 Å². The van der Waals surface area contributed by atoms with Crippen molar-refractivity contribution in [3.63, 3.8) is 0 Å². The normalized spacial score (nSPS) is 11.0. The van der Waals surface area contributed by atoms with Gasteiger partial charge in [-0.2, -0.15) is 10.2 Å². The number of nitrogens with zero attached hydrogens (tertiary/aromatic N) is 5. The van der Waals surface area contributed by atoms with Gasteiger partial charge in [0.2, 0.25) is 5.91 Å². The SMILES string of the molecule is Cc1cccc(N(C)C(=O)Cn2ncn3nc(-c4ccc(Br)cc4)cc3c2=O)c1. The molecule has 2 heterocycles. The van der Waals surface area contributed by atoms with E-state index in [1.807, 2.05) is 55.5 Å². The molecule has 0 aliphatic heterocycles. The lowest BCUT2D eigenvalue weighted by molar-refractivity contribution is -0.119. The van der Waals surface area contributed by atoms with Crippen molar-refractivity contribution in [2.24, 2.45) is 0 Å². The number of hydrogen-bond acceptors (Lipinski definition) is 4. The zero-order valence-electron chi connectivity index (χ0n) is 15.9. The van der Waals surface area contributed by atoms with Gasteiger partial charge in [-0.25, -0.2) is 9.20 Å². The number of carbonyl (C=O) groups excluding carboxylic acids is 1. The largest absolute Gasteiger partial charge is 0.314 e. The highest BCUT2D eigenvalue weighted by atomic mass is 79.9. The van der Waals surface area contributed by atoms with Gasteiger partial charge in [-0.05, 0) is 42.8 Å². The Morgan fingerprint density at radius 1 is 1.14 bits per heavy atom. The standard InChI is InChI=1S/C21H18BrN5O2/c1-14-4-3-5-17(10-14)25(2)20(28)12-26-21(29)19-11-18(24-27(19)13-23-26)15-6-8-16(22)9-7-15/h3-11,13H,12H2,1-2H3. The molecule has 0 bridgehead atoms. The van der Waals surface area contributed by atoms with Crippen LogP contribution in [0.1, 0.15) is 5.56 Å². The van der Waals surface area contributed by atoms with E-state index in [0.29, 0.717) is 11.2 Å². The first-order valence-electron chi connectivity index (χ1n) is 8.97. The Morgan fingerprint density at radius 2 is 1.90 bits per heavy atom. The average Bonchev–Trinajstić information content (AvgIpc) is 3.15. The van der Waals surface area contributed by atoms with E-state index in [4.69, 9.17) is 0 Å². The lowest BCUT2D eigenvalue weighted by atomic mass is 10.1. The molecule has 0 unspecified atom stereocenters. The van der Waals surface area contributed by atoms with Crippen molar-refractivity contribution >= 4 is 33.0 Å². The van der Waals surface area contributed by atoms with Gasteiger partial charge in [-0.1, -0.05) is 40.2 Å². The second-order valence-corrected chi connectivity index (χ2v) is 7.67. The van der Waals surface area contributed by atoms with Gasteiger partial charge < -0.3 is 4.90 Å². The summed E-state index contributed by atoms with van der Waals surface area (Å²) in [6, 6.07) is 17.0. The molecule has 0 aliphatic carbocycles. The van der Waals surface area contributed by atoms with E-state index >= 15 is 0 Å². The Labute approximate surface area is 175 Å². The first kappa shape index (κ1) is 19.1. The number of hydrogen-bond donors (Lipinski definition) is 0. The second-order valence-electron chi connectivity index (χ2n) is 6.75. The molecule has 2 aromatic carbocycles. The van der Waals surface area contributed by atoms with Crippen LogP contribution < -0.4 is 10.5 Å². The summed E-state index contributed by atoms with van der Waals surface area (Å²) in [6.45, 7) is 1.81. The molecule has 2 aromatic heterocycles. The molecule has 1 amide bonds. The molecule has 0 N–H and O–H groups in total. The number of carbonyl (C=O) groups is 1.